The minimum Gasteiger partial charge on any atom is -0.450 e. The lowest BCUT2D eigenvalue weighted by molar-refractivity contribution is 0.0931. The number of rotatable bonds is 4. The number of nitrogens with one attached hydrogen (secondary N) is 1. The number of hydrogen-bond acceptors (Lipinski definition) is 3. The highest BCUT2D eigenvalue weighted by molar-refractivity contribution is 5.67. The van der Waals surface area contributed by atoms with E-state index in [-0.39, 0.29) is 6.09 Å². The van der Waals surface area contributed by atoms with Gasteiger partial charge in [-0.05, 0) is 45.4 Å². The first kappa shape index (κ1) is 15.6. The summed E-state index contributed by atoms with van der Waals surface area (Å²) >= 11 is 0. The van der Waals surface area contributed by atoms with Gasteiger partial charge in [0.1, 0.15) is 0 Å². The summed E-state index contributed by atoms with van der Waals surface area (Å²) in [5.74, 6) is 0.854. The SMILES string of the molecule is CCOC(=O)N1CCC(NC(C)C2CCCCC2)CC1. The van der Waals surface area contributed by atoms with Gasteiger partial charge in [-0.2, -0.15) is 0 Å². The molecule has 116 valence electrons. The van der Waals surface area contributed by atoms with Crippen LogP contribution in [0, 0.1) is 5.92 Å². The van der Waals surface area contributed by atoms with Crippen LogP contribution in [0.3, 0.4) is 0 Å². The van der Waals surface area contributed by atoms with Crippen LogP contribution >= 0.6 is 0 Å². The second-order valence-corrected chi connectivity index (χ2v) is 6.31. The van der Waals surface area contributed by atoms with Crippen molar-refractivity contribution in [2.75, 3.05) is 19.7 Å². The maximum atomic E-state index is 11.7. The van der Waals surface area contributed by atoms with Crippen LogP contribution < -0.4 is 5.32 Å². The van der Waals surface area contributed by atoms with Gasteiger partial charge in [-0.3, -0.25) is 0 Å². The zero-order valence-electron chi connectivity index (χ0n) is 13.1. The highest BCUT2D eigenvalue weighted by Gasteiger charge is 2.26. The molecule has 1 saturated heterocycles. The molecule has 0 aromatic heterocycles. The molecule has 1 aliphatic carbocycles. The molecule has 1 unspecified atom stereocenters. The monoisotopic (exact) mass is 282 g/mol. The first-order valence-electron chi connectivity index (χ1n) is 8.38. The molecule has 0 bridgehead atoms. The number of nitrogens with zero attached hydrogens (tertiary/aromatic N) is 1. The number of likely N-dealkylation sites (tertiary alicyclic amines) is 1. The van der Waals surface area contributed by atoms with Crippen molar-refractivity contribution in [3.63, 3.8) is 0 Å². The third-order valence-electron chi connectivity index (χ3n) is 4.88. The summed E-state index contributed by atoms with van der Waals surface area (Å²) in [6, 6.07) is 1.19. The molecule has 1 aliphatic heterocycles. The van der Waals surface area contributed by atoms with E-state index in [1.54, 1.807) is 0 Å². The van der Waals surface area contributed by atoms with Crippen LogP contribution in [0.25, 0.3) is 0 Å². The molecule has 1 atom stereocenters. The van der Waals surface area contributed by atoms with E-state index in [4.69, 9.17) is 4.74 Å². The normalized spacial score (nSPS) is 23.6. The summed E-state index contributed by atoms with van der Waals surface area (Å²) in [5.41, 5.74) is 0. The van der Waals surface area contributed by atoms with Gasteiger partial charge < -0.3 is 15.0 Å². The van der Waals surface area contributed by atoms with E-state index in [1.165, 1.54) is 32.1 Å². The van der Waals surface area contributed by atoms with Crippen LogP contribution in [0.4, 0.5) is 4.79 Å². The minimum absolute atomic E-state index is 0.147. The summed E-state index contributed by atoms with van der Waals surface area (Å²) in [7, 11) is 0. The Morgan fingerprint density at radius 2 is 1.85 bits per heavy atom. The molecule has 0 aromatic rings. The standard InChI is InChI=1S/C16H30N2O2/c1-3-20-16(19)18-11-9-15(10-12-18)17-13(2)14-7-5-4-6-8-14/h13-15,17H,3-12H2,1-2H3. The van der Waals surface area contributed by atoms with Crippen molar-refractivity contribution >= 4 is 6.09 Å². The van der Waals surface area contributed by atoms with Crippen LogP contribution in [0.1, 0.15) is 58.8 Å². The molecule has 1 saturated carbocycles. The van der Waals surface area contributed by atoms with E-state index in [2.05, 4.69) is 12.2 Å². The molecule has 2 rings (SSSR count). The summed E-state index contributed by atoms with van der Waals surface area (Å²) in [4.78, 5) is 13.5. The van der Waals surface area contributed by atoms with Crippen molar-refractivity contribution in [1.82, 2.24) is 10.2 Å². The van der Waals surface area contributed by atoms with Crippen LogP contribution in [0.5, 0.6) is 0 Å². The van der Waals surface area contributed by atoms with Crippen LogP contribution in [-0.2, 0) is 4.74 Å². The third kappa shape index (κ3) is 4.37. The van der Waals surface area contributed by atoms with Crippen LogP contribution in [-0.4, -0.2) is 42.8 Å². The molecule has 1 N–H and O–H groups in total. The summed E-state index contributed by atoms with van der Waals surface area (Å²) in [5, 5.41) is 3.80. The predicted octanol–water partition coefficient (Wildman–Crippen LogP) is 3.17. The average Bonchev–Trinajstić information content (AvgIpc) is 2.49. The number of carbonyl (C=O) groups excluding carboxylic acids is 1. The quantitative estimate of drug-likeness (QED) is 0.861. The molecule has 4 nitrogen and oxygen atoms in total. The zero-order chi connectivity index (χ0) is 14.4. The van der Waals surface area contributed by atoms with Crippen LogP contribution in [0.15, 0.2) is 0 Å². The molecule has 0 spiro atoms. The summed E-state index contributed by atoms with van der Waals surface area (Å²) in [6.07, 6.45) is 8.94. The lowest BCUT2D eigenvalue weighted by Crippen LogP contribution is -2.49. The number of ether oxygens (including phenoxy) is 1. The lowest BCUT2D eigenvalue weighted by atomic mass is 9.84. The van der Waals surface area contributed by atoms with Gasteiger partial charge in [-0.1, -0.05) is 19.3 Å². The Hall–Kier alpha value is -0.770. The van der Waals surface area contributed by atoms with E-state index >= 15 is 0 Å². The van der Waals surface area contributed by atoms with Crippen molar-refractivity contribution in [1.29, 1.82) is 0 Å². The molecule has 2 aliphatic rings. The number of amides is 1. The Morgan fingerprint density at radius 3 is 2.45 bits per heavy atom. The van der Waals surface area contributed by atoms with E-state index < -0.39 is 0 Å². The molecule has 20 heavy (non-hydrogen) atoms. The van der Waals surface area contributed by atoms with Gasteiger partial charge in [0.05, 0.1) is 6.61 Å². The highest BCUT2D eigenvalue weighted by atomic mass is 16.6. The van der Waals surface area contributed by atoms with E-state index in [1.807, 2.05) is 11.8 Å². The maximum Gasteiger partial charge on any atom is 0.409 e. The molecular formula is C16H30N2O2. The number of carbonyl (C=O) groups is 1. The van der Waals surface area contributed by atoms with E-state index in [9.17, 15) is 4.79 Å². The fourth-order valence-corrected chi connectivity index (χ4v) is 3.59. The molecule has 0 radical (unpaired) electrons. The molecule has 2 fully saturated rings. The highest BCUT2D eigenvalue weighted by Crippen LogP contribution is 2.27. The molecule has 0 aromatic carbocycles. The van der Waals surface area contributed by atoms with Crippen molar-refractivity contribution in [3.8, 4) is 0 Å². The minimum atomic E-state index is -0.147. The average molecular weight is 282 g/mol. The smallest absolute Gasteiger partial charge is 0.409 e. The fourth-order valence-electron chi connectivity index (χ4n) is 3.59. The van der Waals surface area contributed by atoms with Gasteiger partial charge in [0.15, 0.2) is 0 Å². The second kappa shape index (κ2) is 7.87. The van der Waals surface area contributed by atoms with Gasteiger partial charge >= 0.3 is 6.09 Å². The van der Waals surface area contributed by atoms with Gasteiger partial charge in [0, 0.05) is 25.2 Å². The number of piperidine rings is 1. The first-order chi connectivity index (χ1) is 9.70. The maximum absolute atomic E-state index is 11.7. The largest absolute Gasteiger partial charge is 0.450 e. The van der Waals surface area contributed by atoms with Crippen molar-refractivity contribution in [3.05, 3.63) is 0 Å². The fraction of sp³-hybridized carbons (Fsp3) is 0.938. The third-order valence-corrected chi connectivity index (χ3v) is 4.88. The zero-order valence-corrected chi connectivity index (χ0v) is 13.1. The Morgan fingerprint density at radius 1 is 1.20 bits per heavy atom. The Labute approximate surface area is 123 Å². The van der Waals surface area contributed by atoms with Crippen molar-refractivity contribution in [2.24, 2.45) is 5.92 Å². The second-order valence-electron chi connectivity index (χ2n) is 6.31. The van der Waals surface area contributed by atoms with Gasteiger partial charge in [0.2, 0.25) is 0 Å². The van der Waals surface area contributed by atoms with E-state index in [0.29, 0.717) is 18.7 Å². The van der Waals surface area contributed by atoms with Gasteiger partial charge in [0.25, 0.3) is 0 Å². The Balaban J connectivity index is 1.69. The van der Waals surface area contributed by atoms with Crippen molar-refractivity contribution < 1.29 is 9.53 Å². The summed E-state index contributed by atoms with van der Waals surface area (Å²) in [6.45, 7) is 6.32. The van der Waals surface area contributed by atoms with Gasteiger partial charge in [-0.25, -0.2) is 4.79 Å². The Kier molecular flexibility index (Phi) is 6.14. The number of hydrogen-bond donors (Lipinski definition) is 1. The topological polar surface area (TPSA) is 41.6 Å². The molecule has 1 heterocycles. The van der Waals surface area contributed by atoms with E-state index in [0.717, 1.165) is 31.8 Å². The lowest BCUT2D eigenvalue weighted by Gasteiger charge is -2.36. The molecular weight excluding hydrogens is 252 g/mol. The van der Waals surface area contributed by atoms with Gasteiger partial charge in [-0.15, -0.1) is 0 Å². The molecule has 4 heteroatoms. The van der Waals surface area contributed by atoms with Crippen molar-refractivity contribution in [2.45, 2.75) is 70.9 Å². The molecule has 1 amide bonds. The Bertz CT molecular complexity index is 295. The first-order valence-corrected chi connectivity index (χ1v) is 8.38. The van der Waals surface area contributed by atoms with Crippen LogP contribution in [0.2, 0.25) is 0 Å². The summed E-state index contributed by atoms with van der Waals surface area (Å²) < 4.78 is 5.06. The predicted molar refractivity (Wildman–Crippen MR) is 80.8 cm³/mol.